The van der Waals surface area contributed by atoms with Gasteiger partial charge in [-0.15, -0.1) is 0 Å². The summed E-state index contributed by atoms with van der Waals surface area (Å²) in [6.45, 7) is 4.08. The molecule has 0 aromatic heterocycles. The Balaban J connectivity index is 1.88. The van der Waals surface area contributed by atoms with Crippen LogP contribution in [-0.2, 0) is 4.74 Å². The Labute approximate surface area is 204 Å². The van der Waals surface area contributed by atoms with Gasteiger partial charge in [-0.25, -0.2) is 0 Å². The quantitative estimate of drug-likeness (QED) is 0.280. The fourth-order valence-corrected chi connectivity index (χ4v) is 4.17. The molecule has 0 aliphatic heterocycles. The van der Waals surface area contributed by atoms with Gasteiger partial charge in [0.15, 0.2) is 0 Å². The molecule has 4 N–H and O–H groups in total. The van der Waals surface area contributed by atoms with E-state index < -0.39 is 12.2 Å². The smallest absolute Gasteiger partial charge is 0.111 e. The zero-order chi connectivity index (χ0) is 23.5. The maximum Gasteiger partial charge on any atom is 0.111 e. The number of ether oxygens (including phenoxy) is 1. The van der Waals surface area contributed by atoms with Crippen LogP contribution in [0.3, 0.4) is 0 Å². The Kier molecular flexibility index (Phi) is 6.94. The lowest BCUT2D eigenvalue weighted by Crippen LogP contribution is -2.16. The molecule has 4 aromatic carbocycles. The van der Waals surface area contributed by atoms with Crippen LogP contribution in [0.2, 0.25) is 10.0 Å². The minimum atomic E-state index is -0.442. The van der Waals surface area contributed by atoms with Crippen LogP contribution in [0.15, 0.2) is 84.9 Å². The van der Waals surface area contributed by atoms with Gasteiger partial charge in [0.05, 0.1) is 0 Å². The number of benzene rings is 4. The van der Waals surface area contributed by atoms with Crippen molar-refractivity contribution >= 4 is 34.6 Å². The molecule has 0 amide bonds. The van der Waals surface area contributed by atoms with Crippen LogP contribution in [0.1, 0.15) is 45.6 Å². The predicted molar refractivity (Wildman–Crippen MR) is 139 cm³/mol. The number of halogens is 2. The molecule has 0 aliphatic carbocycles. The first-order chi connectivity index (χ1) is 15.8. The third-order valence-electron chi connectivity index (χ3n) is 5.67. The molecule has 2 atom stereocenters. The summed E-state index contributed by atoms with van der Waals surface area (Å²) in [4.78, 5) is 0. The Morgan fingerprint density at radius 2 is 0.939 bits per heavy atom. The second-order valence-electron chi connectivity index (χ2n) is 8.26. The molecule has 5 heteroatoms. The van der Waals surface area contributed by atoms with Crippen molar-refractivity contribution in [3.8, 4) is 0 Å². The Morgan fingerprint density at radius 3 is 1.30 bits per heavy atom. The molecule has 0 radical (unpaired) electrons. The number of nitrogen functional groups attached to an aromatic ring is 2. The lowest BCUT2D eigenvalue weighted by atomic mass is 9.95. The van der Waals surface area contributed by atoms with E-state index in [9.17, 15) is 0 Å². The highest BCUT2D eigenvalue weighted by Crippen LogP contribution is 2.40. The van der Waals surface area contributed by atoms with E-state index in [4.69, 9.17) is 39.4 Å². The molecule has 0 aliphatic rings. The van der Waals surface area contributed by atoms with Crippen molar-refractivity contribution in [3.63, 3.8) is 0 Å². The van der Waals surface area contributed by atoms with Crippen molar-refractivity contribution in [2.75, 3.05) is 11.5 Å². The van der Waals surface area contributed by atoms with Crippen molar-refractivity contribution in [1.82, 2.24) is 0 Å². The largest absolute Gasteiger partial charge is 0.398 e. The van der Waals surface area contributed by atoms with E-state index >= 15 is 0 Å². The number of aryl methyl sites for hydroxylation is 2. The average molecular weight is 477 g/mol. The first kappa shape index (κ1) is 23.2. The number of hydrogen-bond donors (Lipinski definition) is 2. The second-order valence-corrected chi connectivity index (χ2v) is 9.14. The molecule has 4 rings (SSSR count). The van der Waals surface area contributed by atoms with Gasteiger partial charge in [0.2, 0.25) is 0 Å². The predicted octanol–water partition coefficient (Wildman–Crippen LogP) is 7.67. The van der Waals surface area contributed by atoms with Gasteiger partial charge in [-0.2, -0.15) is 0 Å². The summed E-state index contributed by atoms with van der Waals surface area (Å²) in [5.74, 6) is 0. The molecule has 3 nitrogen and oxygen atoms in total. The summed E-state index contributed by atoms with van der Waals surface area (Å²) < 4.78 is 6.90. The number of nitrogens with two attached hydrogens (primary N) is 2. The third-order valence-corrected chi connectivity index (χ3v) is 6.17. The van der Waals surface area contributed by atoms with Gasteiger partial charge in [-0.1, -0.05) is 82.9 Å². The van der Waals surface area contributed by atoms with Gasteiger partial charge in [-0.05, 0) is 61.4 Å². The highest BCUT2D eigenvalue weighted by Gasteiger charge is 2.26. The molecular formula is C28H26Cl2N2O. The third kappa shape index (κ3) is 5.33. The summed E-state index contributed by atoms with van der Waals surface area (Å²) in [6.07, 6.45) is -0.884. The zero-order valence-corrected chi connectivity index (χ0v) is 20.1. The van der Waals surface area contributed by atoms with Gasteiger partial charge in [0, 0.05) is 32.5 Å². The summed E-state index contributed by atoms with van der Waals surface area (Å²) in [6, 6.07) is 27.2. The standard InChI is InChI=1S/C28H26Cl2N2O/c1-17-3-13-25(31)23(15-17)27(19-5-9-21(29)10-6-19)33-28(20-7-11-22(30)12-8-20)24-16-18(2)4-14-26(24)32/h3-16,27-28H,31-32H2,1-2H3. The molecule has 0 spiro atoms. The molecule has 0 saturated heterocycles. The highest BCUT2D eigenvalue weighted by molar-refractivity contribution is 6.30. The number of anilines is 2. The maximum absolute atomic E-state index is 6.90. The van der Waals surface area contributed by atoms with E-state index in [2.05, 4.69) is 12.1 Å². The average Bonchev–Trinajstić information content (AvgIpc) is 2.80. The van der Waals surface area contributed by atoms with Gasteiger partial charge in [-0.3, -0.25) is 0 Å². The SMILES string of the molecule is Cc1ccc(N)c(C(OC(c2ccc(Cl)cc2)c2cc(C)ccc2N)c2ccc(Cl)cc2)c1. The maximum atomic E-state index is 6.90. The van der Waals surface area contributed by atoms with E-state index in [-0.39, 0.29) is 0 Å². The second kappa shape index (κ2) is 9.88. The van der Waals surface area contributed by atoms with Crippen LogP contribution in [0.5, 0.6) is 0 Å². The molecule has 0 bridgehead atoms. The molecule has 4 aromatic rings. The summed E-state index contributed by atoms with van der Waals surface area (Å²) >= 11 is 12.3. The fourth-order valence-electron chi connectivity index (χ4n) is 3.92. The monoisotopic (exact) mass is 476 g/mol. The van der Waals surface area contributed by atoms with Crippen molar-refractivity contribution in [1.29, 1.82) is 0 Å². The lowest BCUT2D eigenvalue weighted by Gasteiger charge is -2.28. The Bertz CT molecular complexity index is 1160. The summed E-state index contributed by atoms with van der Waals surface area (Å²) in [5, 5.41) is 1.32. The first-order valence-electron chi connectivity index (χ1n) is 10.7. The van der Waals surface area contributed by atoms with Crippen molar-refractivity contribution in [3.05, 3.63) is 128 Å². The minimum Gasteiger partial charge on any atom is -0.398 e. The van der Waals surface area contributed by atoms with Gasteiger partial charge >= 0.3 is 0 Å². The number of rotatable bonds is 6. The molecule has 33 heavy (non-hydrogen) atoms. The van der Waals surface area contributed by atoms with E-state index in [1.54, 1.807) is 0 Å². The molecule has 2 unspecified atom stereocenters. The normalized spacial score (nSPS) is 13.0. The van der Waals surface area contributed by atoms with Gasteiger partial charge < -0.3 is 16.2 Å². The first-order valence-corrected chi connectivity index (χ1v) is 11.5. The van der Waals surface area contributed by atoms with E-state index in [0.29, 0.717) is 21.4 Å². The fraction of sp³-hybridized carbons (Fsp3) is 0.143. The summed E-state index contributed by atoms with van der Waals surface area (Å²) in [7, 11) is 0. The zero-order valence-electron chi connectivity index (χ0n) is 18.6. The van der Waals surface area contributed by atoms with Crippen LogP contribution < -0.4 is 11.5 Å². The van der Waals surface area contributed by atoms with Crippen LogP contribution in [0.4, 0.5) is 11.4 Å². The van der Waals surface area contributed by atoms with Crippen LogP contribution in [-0.4, -0.2) is 0 Å². The Morgan fingerprint density at radius 1 is 0.576 bits per heavy atom. The van der Waals surface area contributed by atoms with Crippen molar-refractivity contribution in [2.24, 2.45) is 0 Å². The lowest BCUT2D eigenvalue weighted by molar-refractivity contribution is 0.0316. The van der Waals surface area contributed by atoms with Crippen molar-refractivity contribution in [2.45, 2.75) is 26.1 Å². The van der Waals surface area contributed by atoms with E-state index in [1.165, 1.54) is 0 Å². The molecule has 0 saturated carbocycles. The topological polar surface area (TPSA) is 61.3 Å². The molecule has 0 fully saturated rings. The van der Waals surface area contributed by atoms with Gasteiger partial charge in [0.1, 0.15) is 12.2 Å². The molecule has 168 valence electrons. The number of hydrogen-bond acceptors (Lipinski definition) is 3. The van der Waals surface area contributed by atoms with E-state index in [0.717, 1.165) is 33.4 Å². The van der Waals surface area contributed by atoms with E-state index in [1.807, 2.05) is 86.6 Å². The molecule has 0 heterocycles. The minimum absolute atomic E-state index is 0.442. The highest BCUT2D eigenvalue weighted by atomic mass is 35.5. The van der Waals surface area contributed by atoms with Crippen LogP contribution >= 0.6 is 23.2 Å². The van der Waals surface area contributed by atoms with Crippen molar-refractivity contribution < 1.29 is 4.74 Å². The van der Waals surface area contributed by atoms with Crippen LogP contribution in [0.25, 0.3) is 0 Å². The van der Waals surface area contributed by atoms with Crippen LogP contribution in [0, 0.1) is 13.8 Å². The van der Waals surface area contributed by atoms with Gasteiger partial charge in [0.25, 0.3) is 0 Å². The Hall–Kier alpha value is -2.98. The summed E-state index contributed by atoms with van der Waals surface area (Å²) in [5.41, 5.74) is 20.1. The molecular weight excluding hydrogens is 451 g/mol.